The number of nitrogens with two attached hydrogens (primary N) is 1. The van der Waals surface area contributed by atoms with E-state index in [1.165, 1.54) is 0 Å². The van der Waals surface area contributed by atoms with Gasteiger partial charge in [-0.25, -0.2) is 0 Å². The van der Waals surface area contributed by atoms with Crippen LogP contribution in [0.25, 0.3) is 11.4 Å². The van der Waals surface area contributed by atoms with Gasteiger partial charge in [-0.1, -0.05) is 35.5 Å². The third-order valence-corrected chi connectivity index (χ3v) is 4.02. The molecule has 1 aromatic carbocycles. The fraction of sp³-hybridized carbons (Fsp3) is 0.200. The Morgan fingerprint density at radius 1 is 1.25 bits per heavy atom. The van der Waals surface area contributed by atoms with Crippen LogP contribution >= 0.6 is 11.3 Å². The molecule has 0 aliphatic carbocycles. The van der Waals surface area contributed by atoms with Crippen molar-refractivity contribution in [1.29, 1.82) is 0 Å². The van der Waals surface area contributed by atoms with Gasteiger partial charge in [0.15, 0.2) is 0 Å². The van der Waals surface area contributed by atoms with Gasteiger partial charge in [-0.3, -0.25) is 0 Å². The lowest BCUT2D eigenvalue weighted by Gasteiger charge is -2.05. The SMILES string of the molecule is Cc1cscc1-c1noc(C(N)Cc2ccccc2)n1. The third kappa shape index (κ3) is 2.64. The molecular weight excluding hydrogens is 270 g/mol. The molecule has 5 heteroatoms. The predicted molar refractivity (Wildman–Crippen MR) is 79.4 cm³/mol. The number of aryl methyl sites for hydroxylation is 1. The van der Waals surface area contributed by atoms with Crippen LogP contribution in [0.2, 0.25) is 0 Å². The van der Waals surface area contributed by atoms with E-state index in [4.69, 9.17) is 10.3 Å². The van der Waals surface area contributed by atoms with E-state index in [0.29, 0.717) is 18.1 Å². The monoisotopic (exact) mass is 285 g/mol. The Balaban J connectivity index is 1.78. The minimum atomic E-state index is -0.280. The summed E-state index contributed by atoms with van der Waals surface area (Å²) in [6.45, 7) is 2.03. The molecule has 2 N–H and O–H groups in total. The molecule has 3 aromatic rings. The Morgan fingerprint density at radius 3 is 2.75 bits per heavy atom. The van der Waals surface area contributed by atoms with E-state index in [9.17, 15) is 0 Å². The van der Waals surface area contributed by atoms with Crippen molar-refractivity contribution in [2.24, 2.45) is 5.73 Å². The predicted octanol–water partition coefficient (Wildman–Crippen LogP) is 3.35. The van der Waals surface area contributed by atoms with E-state index in [2.05, 4.69) is 15.5 Å². The maximum Gasteiger partial charge on any atom is 0.244 e. The normalized spacial score (nSPS) is 12.5. The quantitative estimate of drug-likeness (QED) is 0.798. The largest absolute Gasteiger partial charge is 0.337 e. The third-order valence-electron chi connectivity index (χ3n) is 3.15. The van der Waals surface area contributed by atoms with Crippen LogP contribution < -0.4 is 5.73 Å². The van der Waals surface area contributed by atoms with E-state index in [0.717, 1.165) is 16.7 Å². The molecule has 2 heterocycles. The number of rotatable bonds is 4. The number of aromatic nitrogens is 2. The molecule has 0 aliphatic rings. The first-order valence-electron chi connectivity index (χ1n) is 6.40. The summed E-state index contributed by atoms with van der Waals surface area (Å²) in [5.41, 5.74) is 9.46. The summed E-state index contributed by atoms with van der Waals surface area (Å²) in [5, 5.41) is 8.11. The van der Waals surface area contributed by atoms with Crippen LogP contribution in [0.4, 0.5) is 0 Å². The summed E-state index contributed by atoms with van der Waals surface area (Å²) in [7, 11) is 0. The van der Waals surface area contributed by atoms with Gasteiger partial charge in [0.25, 0.3) is 0 Å². The molecular formula is C15H15N3OS. The summed E-state index contributed by atoms with van der Waals surface area (Å²) >= 11 is 1.63. The fourth-order valence-electron chi connectivity index (χ4n) is 2.04. The zero-order chi connectivity index (χ0) is 13.9. The van der Waals surface area contributed by atoms with Crippen molar-refractivity contribution < 1.29 is 4.52 Å². The van der Waals surface area contributed by atoms with Crippen molar-refractivity contribution in [3.8, 4) is 11.4 Å². The smallest absolute Gasteiger partial charge is 0.244 e. The molecule has 0 fully saturated rings. The van der Waals surface area contributed by atoms with Gasteiger partial charge in [-0.15, -0.1) is 0 Å². The highest BCUT2D eigenvalue weighted by Gasteiger charge is 2.17. The van der Waals surface area contributed by atoms with Crippen molar-refractivity contribution >= 4 is 11.3 Å². The molecule has 2 aromatic heterocycles. The van der Waals surface area contributed by atoms with Crippen molar-refractivity contribution in [2.45, 2.75) is 19.4 Å². The van der Waals surface area contributed by atoms with Gasteiger partial charge in [-0.2, -0.15) is 16.3 Å². The first-order chi connectivity index (χ1) is 9.74. The van der Waals surface area contributed by atoms with Gasteiger partial charge >= 0.3 is 0 Å². The van der Waals surface area contributed by atoms with Gasteiger partial charge in [-0.05, 0) is 29.9 Å². The second-order valence-corrected chi connectivity index (χ2v) is 5.46. The second-order valence-electron chi connectivity index (χ2n) is 4.72. The lowest BCUT2D eigenvalue weighted by atomic mass is 10.1. The summed E-state index contributed by atoms with van der Waals surface area (Å²) in [6.07, 6.45) is 0.686. The summed E-state index contributed by atoms with van der Waals surface area (Å²) in [4.78, 5) is 4.41. The second kappa shape index (κ2) is 5.56. The molecule has 1 unspecified atom stereocenters. The van der Waals surface area contributed by atoms with E-state index in [1.54, 1.807) is 11.3 Å². The topological polar surface area (TPSA) is 64.9 Å². The lowest BCUT2D eigenvalue weighted by molar-refractivity contribution is 0.354. The average molecular weight is 285 g/mol. The van der Waals surface area contributed by atoms with Crippen molar-refractivity contribution in [2.75, 3.05) is 0 Å². The lowest BCUT2D eigenvalue weighted by Crippen LogP contribution is -2.13. The number of hydrogen-bond acceptors (Lipinski definition) is 5. The first-order valence-corrected chi connectivity index (χ1v) is 7.34. The van der Waals surface area contributed by atoms with E-state index in [1.807, 2.05) is 42.6 Å². The Kier molecular flexibility index (Phi) is 3.62. The van der Waals surface area contributed by atoms with Crippen LogP contribution in [0.15, 0.2) is 45.6 Å². The molecule has 3 rings (SSSR count). The fourth-order valence-corrected chi connectivity index (χ4v) is 2.87. The minimum Gasteiger partial charge on any atom is -0.337 e. The molecule has 102 valence electrons. The zero-order valence-electron chi connectivity index (χ0n) is 11.1. The molecule has 0 bridgehead atoms. The van der Waals surface area contributed by atoms with Gasteiger partial charge in [0.05, 0.1) is 6.04 Å². The summed E-state index contributed by atoms with van der Waals surface area (Å²) in [6, 6.07) is 9.78. The molecule has 20 heavy (non-hydrogen) atoms. The standard InChI is InChI=1S/C15H15N3OS/c1-10-8-20-9-12(10)14-17-15(19-18-14)13(16)7-11-5-3-2-4-6-11/h2-6,8-9,13H,7,16H2,1H3. The van der Waals surface area contributed by atoms with Crippen molar-refractivity contribution in [3.05, 3.63) is 58.1 Å². The molecule has 0 radical (unpaired) electrons. The van der Waals surface area contributed by atoms with Crippen LogP contribution in [-0.2, 0) is 6.42 Å². The van der Waals surface area contributed by atoms with Gasteiger partial charge in [0.2, 0.25) is 11.7 Å². The van der Waals surface area contributed by atoms with Gasteiger partial charge in [0.1, 0.15) is 0 Å². The Labute approximate surface area is 121 Å². The maximum atomic E-state index is 6.14. The summed E-state index contributed by atoms with van der Waals surface area (Å²) < 4.78 is 5.30. The molecule has 0 spiro atoms. The van der Waals surface area contributed by atoms with Crippen LogP contribution in [0.3, 0.4) is 0 Å². The van der Waals surface area contributed by atoms with Crippen LogP contribution in [-0.4, -0.2) is 10.1 Å². The molecule has 0 amide bonds. The number of hydrogen-bond donors (Lipinski definition) is 1. The highest BCUT2D eigenvalue weighted by atomic mass is 32.1. The number of nitrogens with zero attached hydrogens (tertiary/aromatic N) is 2. The van der Waals surface area contributed by atoms with E-state index >= 15 is 0 Å². The van der Waals surface area contributed by atoms with Gasteiger partial charge < -0.3 is 10.3 Å². The first kappa shape index (κ1) is 13.0. The van der Waals surface area contributed by atoms with Crippen LogP contribution in [0, 0.1) is 6.92 Å². The molecule has 0 saturated carbocycles. The Morgan fingerprint density at radius 2 is 2.05 bits per heavy atom. The molecule has 1 atom stereocenters. The van der Waals surface area contributed by atoms with Gasteiger partial charge in [0, 0.05) is 10.9 Å². The zero-order valence-corrected chi connectivity index (χ0v) is 11.9. The van der Waals surface area contributed by atoms with E-state index < -0.39 is 0 Å². The van der Waals surface area contributed by atoms with E-state index in [-0.39, 0.29) is 6.04 Å². The number of thiophene rings is 1. The van der Waals surface area contributed by atoms with Crippen LogP contribution in [0.1, 0.15) is 23.1 Å². The van der Waals surface area contributed by atoms with Crippen molar-refractivity contribution in [1.82, 2.24) is 10.1 Å². The molecule has 0 saturated heterocycles. The van der Waals surface area contributed by atoms with Crippen molar-refractivity contribution in [3.63, 3.8) is 0 Å². The highest BCUT2D eigenvalue weighted by Crippen LogP contribution is 2.25. The molecule has 4 nitrogen and oxygen atoms in total. The molecule has 0 aliphatic heterocycles. The highest BCUT2D eigenvalue weighted by molar-refractivity contribution is 7.08. The Bertz CT molecular complexity index is 690. The minimum absolute atomic E-state index is 0.280. The average Bonchev–Trinajstić information content (AvgIpc) is 3.08. The Hall–Kier alpha value is -1.98. The number of benzene rings is 1. The maximum absolute atomic E-state index is 6.14. The summed E-state index contributed by atoms with van der Waals surface area (Å²) in [5.74, 6) is 1.09. The van der Waals surface area contributed by atoms with Crippen LogP contribution in [0.5, 0.6) is 0 Å².